The minimum absolute atomic E-state index is 0.0139. The highest BCUT2D eigenvalue weighted by Gasteiger charge is 2.18. The van der Waals surface area contributed by atoms with Crippen LogP contribution in [0.5, 0.6) is 5.75 Å². The van der Waals surface area contributed by atoms with Crippen molar-refractivity contribution in [2.24, 2.45) is 0 Å². The lowest BCUT2D eigenvalue weighted by atomic mass is 9.95. The molecule has 0 saturated heterocycles. The van der Waals surface area contributed by atoms with E-state index in [0.717, 1.165) is 35.8 Å². The Balaban J connectivity index is 1.54. The van der Waals surface area contributed by atoms with Crippen molar-refractivity contribution < 1.29 is 9.53 Å². The van der Waals surface area contributed by atoms with Crippen LogP contribution in [0.2, 0.25) is 0 Å². The van der Waals surface area contributed by atoms with Gasteiger partial charge in [0.25, 0.3) is 0 Å². The van der Waals surface area contributed by atoms with Gasteiger partial charge < -0.3 is 15.4 Å². The predicted octanol–water partition coefficient (Wildman–Crippen LogP) is 3.22. The Labute approximate surface area is 167 Å². The molecule has 0 aliphatic heterocycles. The van der Waals surface area contributed by atoms with E-state index in [1.165, 1.54) is 24.1 Å². The zero-order valence-corrected chi connectivity index (χ0v) is 17.0. The van der Waals surface area contributed by atoms with Gasteiger partial charge >= 0.3 is 0 Å². The van der Waals surface area contributed by atoms with Gasteiger partial charge in [-0.15, -0.1) is 0 Å². The van der Waals surface area contributed by atoms with Crippen LogP contribution in [0.25, 0.3) is 0 Å². The van der Waals surface area contributed by atoms with Gasteiger partial charge in [0.05, 0.1) is 7.11 Å². The summed E-state index contributed by atoms with van der Waals surface area (Å²) in [5.74, 6) is 1.58. The first-order valence-electron chi connectivity index (χ1n) is 10.1. The average Bonchev–Trinajstić information content (AvgIpc) is 2.72. The van der Waals surface area contributed by atoms with E-state index in [2.05, 4.69) is 22.5 Å². The Hall–Kier alpha value is -2.63. The summed E-state index contributed by atoms with van der Waals surface area (Å²) in [7, 11) is 1.63. The van der Waals surface area contributed by atoms with Crippen LogP contribution in [0.3, 0.4) is 0 Å². The molecule has 2 aromatic rings. The van der Waals surface area contributed by atoms with Crippen LogP contribution in [-0.2, 0) is 24.1 Å². The maximum absolute atomic E-state index is 12.6. The van der Waals surface area contributed by atoms with Gasteiger partial charge in [-0.2, -0.15) is 0 Å². The molecule has 0 radical (unpaired) electrons. The predicted molar refractivity (Wildman–Crippen MR) is 111 cm³/mol. The third-order valence-electron chi connectivity index (χ3n) is 5.22. The molecule has 1 atom stereocenters. The molecule has 28 heavy (non-hydrogen) atoms. The number of aryl methyl sites for hydroxylation is 2. The van der Waals surface area contributed by atoms with Crippen LogP contribution in [0.1, 0.15) is 49.0 Å². The summed E-state index contributed by atoms with van der Waals surface area (Å²) in [5, 5.41) is 6.30. The number of benzene rings is 1. The highest BCUT2D eigenvalue weighted by Crippen LogP contribution is 2.22. The largest absolute Gasteiger partial charge is 0.497 e. The molecule has 1 aromatic carbocycles. The fourth-order valence-electron chi connectivity index (χ4n) is 3.64. The number of anilines is 1. The summed E-state index contributed by atoms with van der Waals surface area (Å²) in [6, 6.07) is 7.31. The number of methoxy groups -OCH3 is 1. The molecule has 0 bridgehead atoms. The second-order valence-electron chi connectivity index (χ2n) is 7.24. The van der Waals surface area contributed by atoms with Crippen molar-refractivity contribution in [1.29, 1.82) is 0 Å². The quantitative estimate of drug-likeness (QED) is 0.733. The summed E-state index contributed by atoms with van der Waals surface area (Å²) >= 11 is 0. The van der Waals surface area contributed by atoms with E-state index >= 15 is 0 Å². The molecule has 1 aliphatic carbocycles. The first-order chi connectivity index (χ1) is 13.6. The minimum Gasteiger partial charge on any atom is -0.497 e. The zero-order valence-electron chi connectivity index (χ0n) is 17.0. The number of nitrogens with one attached hydrogen (secondary N) is 2. The number of amides is 1. The molecule has 3 rings (SSSR count). The highest BCUT2D eigenvalue weighted by molar-refractivity contribution is 5.84. The Morgan fingerprint density at radius 1 is 1.25 bits per heavy atom. The number of rotatable bonds is 8. The molecule has 1 aliphatic rings. The van der Waals surface area contributed by atoms with Crippen LogP contribution in [0.15, 0.2) is 24.3 Å². The van der Waals surface area contributed by atoms with Crippen molar-refractivity contribution >= 4 is 11.6 Å². The lowest BCUT2D eigenvalue weighted by Gasteiger charge is -2.19. The van der Waals surface area contributed by atoms with E-state index in [0.29, 0.717) is 19.4 Å². The Morgan fingerprint density at radius 2 is 2.07 bits per heavy atom. The number of carbonyl (C=O) groups excluding carboxylic acids is 1. The summed E-state index contributed by atoms with van der Waals surface area (Å²) in [5.41, 5.74) is 4.49. The van der Waals surface area contributed by atoms with Crippen LogP contribution < -0.4 is 15.4 Å². The van der Waals surface area contributed by atoms with Crippen LogP contribution in [-0.4, -0.2) is 35.6 Å². The number of hydrogen-bond acceptors (Lipinski definition) is 5. The van der Waals surface area contributed by atoms with Gasteiger partial charge in [0, 0.05) is 36.1 Å². The number of aromatic nitrogens is 2. The lowest BCUT2D eigenvalue weighted by Crippen LogP contribution is -2.40. The SMILES string of the molecule is CC[C@@H](Nc1cccc(OC)c1)C(=O)NCCc1nc(C)c2c(n1)CCCC2. The molecule has 6 nitrogen and oxygen atoms in total. The molecule has 0 fully saturated rings. The third kappa shape index (κ3) is 5.00. The number of ether oxygens (including phenoxy) is 1. The van der Waals surface area contributed by atoms with Crippen molar-refractivity contribution in [2.45, 2.75) is 58.4 Å². The van der Waals surface area contributed by atoms with Crippen LogP contribution in [0, 0.1) is 6.92 Å². The maximum Gasteiger partial charge on any atom is 0.242 e. The Kier molecular flexibility index (Phi) is 6.85. The zero-order chi connectivity index (χ0) is 19.9. The van der Waals surface area contributed by atoms with Gasteiger partial charge in [0.1, 0.15) is 17.6 Å². The molecule has 0 unspecified atom stereocenters. The lowest BCUT2D eigenvalue weighted by molar-refractivity contribution is -0.121. The average molecular weight is 383 g/mol. The number of hydrogen-bond donors (Lipinski definition) is 2. The second-order valence-corrected chi connectivity index (χ2v) is 7.24. The number of carbonyl (C=O) groups is 1. The second kappa shape index (κ2) is 9.53. The fourth-order valence-corrected chi connectivity index (χ4v) is 3.64. The summed E-state index contributed by atoms with van der Waals surface area (Å²) in [6.07, 6.45) is 5.90. The maximum atomic E-state index is 12.6. The van der Waals surface area contributed by atoms with E-state index in [1.54, 1.807) is 7.11 Å². The monoisotopic (exact) mass is 382 g/mol. The molecule has 0 spiro atoms. The Morgan fingerprint density at radius 3 is 2.86 bits per heavy atom. The summed E-state index contributed by atoms with van der Waals surface area (Å²) < 4.78 is 5.24. The topological polar surface area (TPSA) is 76.1 Å². The molecular weight excluding hydrogens is 352 g/mol. The molecule has 0 saturated carbocycles. The van der Waals surface area contributed by atoms with E-state index in [4.69, 9.17) is 9.72 Å². The van der Waals surface area contributed by atoms with Crippen LogP contribution >= 0.6 is 0 Å². The van der Waals surface area contributed by atoms with E-state index in [9.17, 15) is 4.79 Å². The normalized spacial score (nSPS) is 14.1. The van der Waals surface area contributed by atoms with Gasteiger partial charge in [-0.3, -0.25) is 4.79 Å². The third-order valence-corrected chi connectivity index (χ3v) is 5.22. The van der Waals surface area contributed by atoms with Crippen molar-refractivity contribution in [2.75, 3.05) is 19.0 Å². The van der Waals surface area contributed by atoms with Crippen molar-refractivity contribution in [3.63, 3.8) is 0 Å². The van der Waals surface area contributed by atoms with E-state index in [-0.39, 0.29) is 11.9 Å². The van der Waals surface area contributed by atoms with E-state index < -0.39 is 0 Å². The molecule has 2 N–H and O–H groups in total. The number of fused-ring (bicyclic) bond motifs is 1. The van der Waals surface area contributed by atoms with Crippen molar-refractivity contribution in [3.05, 3.63) is 47.0 Å². The van der Waals surface area contributed by atoms with E-state index in [1.807, 2.05) is 31.2 Å². The van der Waals surface area contributed by atoms with Gasteiger partial charge in [-0.05, 0) is 56.7 Å². The van der Waals surface area contributed by atoms with Gasteiger partial charge in [-0.25, -0.2) is 9.97 Å². The first-order valence-corrected chi connectivity index (χ1v) is 10.1. The highest BCUT2D eigenvalue weighted by atomic mass is 16.5. The molecule has 1 aromatic heterocycles. The standard InChI is InChI=1S/C22H30N4O2/c1-4-19(25-16-8-7-9-17(14-16)28-3)22(27)23-13-12-21-24-15(2)18-10-5-6-11-20(18)26-21/h7-9,14,19,25H,4-6,10-13H2,1-3H3,(H,23,27)/t19-/m1/s1. The number of nitrogens with zero attached hydrogens (tertiary/aromatic N) is 2. The van der Waals surface area contributed by atoms with Crippen molar-refractivity contribution in [1.82, 2.24) is 15.3 Å². The van der Waals surface area contributed by atoms with Gasteiger partial charge in [-0.1, -0.05) is 13.0 Å². The fraction of sp³-hybridized carbons (Fsp3) is 0.500. The van der Waals surface area contributed by atoms with Gasteiger partial charge in [0.2, 0.25) is 5.91 Å². The smallest absolute Gasteiger partial charge is 0.242 e. The summed E-state index contributed by atoms with van der Waals surface area (Å²) in [4.78, 5) is 22.0. The molecule has 1 heterocycles. The minimum atomic E-state index is -0.293. The molecule has 1 amide bonds. The van der Waals surface area contributed by atoms with Crippen LogP contribution in [0.4, 0.5) is 5.69 Å². The molecule has 150 valence electrons. The molecular formula is C22H30N4O2. The Bertz CT molecular complexity index is 822. The van der Waals surface area contributed by atoms with Crippen molar-refractivity contribution in [3.8, 4) is 5.75 Å². The first kappa shape index (κ1) is 20.1. The summed E-state index contributed by atoms with van der Waals surface area (Å²) in [6.45, 7) is 4.60. The molecule has 6 heteroatoms. The van der Waals surface area contributed by atoms with Gasteiger partial charge in [0.15, 0.2) is 0 Å².